The van der Waals surface area contributed by atoms with Gasteiger partial charge in [-0.3, -0.25) is 4.79 Å². The van der Waals surface area contributed by atoms with Gasteiger partial charge < -0.3 is 9.47 Å². The Kier molecular flexibility index (Phi) is 7.70. The molecule has 136 valence electrons. The summed E-state index contributed by atoms with van der Waals surface area (Å²) in [5.41, 5.74) is 3.26. The van der Waals surface area contributed by atoms with Gasteiger partial charge in [0.15, 0.2) is 6.61 Å². The number of carbonyl (C=O) groups is 2. The number of ether oxygens (including phenoxy) is 2. The number of benzene rings is 2. The third-order valence-electron chi connectivity index (χ3n) is 3.26. The van der Waals surface area contributed by atoms with E-state index in [-0.39, 0.29) is 17.8 Å². The van der Waals surface area contributed by atoms with Crippen LogP contribution in [0.1, 0.15) is 12.5 Å². The summed E-state index contributed by atoms with van der Waals surface area (Å²) in [5, 5.41) is 3.70. The molecule has 2 aromatic carbocycles. The molecule has 0 aliphatic carbocycles. The van der Waals surface area contributed by atoms with Crippen LogP contribution in [0.4, 0.5) is 0 Å². The number of thioether (sulfide) groups is 1. The highest BCUT2D eigenvalue weighted by atomic mass is 32.2. The van der Waals surface area contributed by atoms with Crippen LogP contribution in [0.2, 0.25) is 0 Å². The van der Waals surface area contributed by atoms with E-state index < -0.39 is 5.97 Å². The van der Waals surface area contributed by atoms with E-state index in [0.29, 0.717) is 5.75 Å². The third kappa shape index (κ3) is 6.60. The average Bonchev–Trinajstić information content (AvgIpc) is 2.67. The predicted octanol–water partition coefficient (Wildman–Crippen LogP) is 2.87. The summed E-state index contributed by atoms with van der Waals surface area (Å²) in [7, 11) is 1.30. The molecule has 1 N–H and O–H groups in total. The number of nitrogens with one attached hydrogen (secondary N) is 1. The summed E-state index contributed by atoms with van der Waals surface area (Å²) in [6.45, 7) is 1.66. The number of nitrogens with zero attached hydrogens (tertiary/aromatic N) is 1. The molecule has 2 rings (SSSR count). The molecule has 0 unspecified atom stereocenters. The van der Waals surface area contributed by atoms with Crippen LogP contribution in [-0.2, 0) is 14.3 Å². The summed E-state index contributed by atoms with van der Waals surface area (Å²) in [6.07, 6.45) is 1.52. The van der Waals surface area contributed by atoms with Crippen molar-refractivity contribution in [3.8, 4) is 5.75 Å². The van der Waals surface area contributed by atoms with Gasteiger partial charge in [-0.05, 0) is 36.8 Å². The molecule has 7 heteroatoms. The zero-order valence-corrected chi connectivity index (χ0v) is 15.4. The Labute approximate surface area is 156 Å². The first-order chi connectivity index (χ1) is 12.6. The molecule has 0 fully saturated rings. The molecule has 0 saturated carbocycles. The molecule has 2 aromatic rings. The first-order valence-corrected chi connectivity index (χ1v) is 8.81. The van der Waals surface area contributed by atoms with Crippen LogP contribution in [0, 0.1) is 0 Å². The first-order valence-electron chi connectivity index (χ1n) is 7.93. The fourth-order valence-corrected chi connectivity index (χ4v) is 2.79. The molecule has 0 bridgehead atoms. The second-order valence-electron chi connectivity index (χ2n) is 5.24. The van der Waals surface area contributed by atoms with Crippen molar-refractivity contribution >= 4 is 29.9 Å². The molecule has 0 aromatic heterocycles. The van der Waals surface area contributed by atoms with Gasteiger partial charge in [-0.25, -0.2) is 10.2 Å². The van der Waals surface area contributed by atoms with Crippen molar-refractivity contribution in [1.29, 1.82) is 0 Å². The fourth-order valence-electron chi connectivity index (χ4n) is 1.90. The molecule has 1 amide bonds. The van der Waals surface area contributed by atoms with Crippen LogP contribution < -0.4 is 10.2 Å². The zero-order valence-electron chi connectivity index (χ0n) is 14.5. The normalized spacial score (nSPS) is 11.8. The van der Waals surface area contributed by atoms with E-state index in [9.17, 15) is 9.59 Å². The van der Waals surface area contributed by atoms with E-state index in [0.717, 1.165) is 10.5 Å². The van der Waals surface area contributed by atoms with Crippen molar-refractivity contribution in [3.05, 3.63) is 60.2 Å². The van der Waals surface area contributed by atoms with E-state index in [1.165, 1.54) is 25.1 Å². The summed E-state index contributed by atoms with van der Waals surface area (Å²) in [5.74, 6) is -0.131. The molecule has 0 saturated heterocycles. The second kappa shape index (κ2) is 10.2. The Bertz CT molecular complexity index is 765. The number of hydrogen-bond donors (Lipinski definition) is 1. The van der Waals surface area contributed by atoms with Crippen LogP contribution in [0.5, 0.6) is 5.75 Å². The molecule has 0 heterocycles. The highest BCUT2D eigenvalue weighted by molar-refractivity contribution is 8.00. The third-order valence-corrected chi connectivity index (χ3v) is 4.37. The van der Waals surface area contributed by atoms with Gasteiger partial charge in [-0.15, -0.1) is 11.8 Å². The Morgan fingerprint density at radius 3 is 2.69 bits per heavy atom. The lowest BCUT2D eigenvalue weighted by Crippen LogP contribution is -2.26. The molecular formula is C19H20N2O4S. The van der Waals surface area contributed by atoms with Crippen LogP contribution in [0.15, 0.2) is 64.6 Å². The molecule has 0 radical (unpaired) electrons. The average molecular weight is 372 g/mol. The number of hydrazone groups is 1. The Morgan fingerprint density at radius 1 is 1.19 bits per heavy atom. The van der Waals surface area contributed by atoms with E-state index >= 15 is 0 Å². The topological polar surface area (TPSA) is 77.0 Å². The standard InChI is InChI=1S/C19H20N2O4S/c1-14(26-17-9-4-3-5-10-17)19(23)21-20-12-15-7-6-8-16(11-15)25-13-18(22)24-2/h3-12,14H,13H2,1-2H3,(H,21,23)/b20-12-/t14-/m1/s1. The summed E-state index contributed by atoms with van der Waals surface area (Å²) in [6, 6.07) is 16.7. The van der Waals surface area contributed by atoms with Gasteiger partial charge >= 0.3 is 5.97 Å². The monoisotopic (exact) mass is 372 g/mol. The number of hydrogen-bond acceptors (Lipinski definition) is 6. The lowest BCUT2D eigenvalue weighted by molar-refractivity contribution is -0.142. The molecule has 26 heavy (non-hydrogen) atoms. The SMILES string of the molecule is COC(=O)COc1cccc(/C=N\NC(=O)[C@@H](C)Sc2ccccc2)c1. The maximum atomic E-state index is 12.1. The number of amides is 1. The Morgan fingerprint density at radius 2 is 1.96 bits per heavy atom. The van der Waals surface area contributed by atoms with Gasteiger partial charge in [0.1, 0.15) is 5.75 Å². The van der Waals surface area contributed by atoms with Crippen LogP contribution in [0.25, 0.3) is 0 Å². The zero-order chi connectivity index (χ0) is 18.8. The number of methoxy groups -OCH3 is 1. The fraction of sp³-hybridized carbons (Fsp3) is 0.211. The summed E-state index contributed by atoms with van der Waals surface area (Å²) >= 11 is 1.46. The van der Waals surface area contributed by atoms with Gasteiger partial charge in [0.25, 0.3) is 5.91 Å². The maximum Gasteiger partial charge on any atom is 0.343 e. The Balaban J connectivity index is 1.85. The summed E-state index contributed by atoms with van der Waals surface area (Å²) < 4.78 is 9.82. The largest absolute Gasteiger partial charge is 0.482 e. The highest BCUT2D eigenvalue weighted by Crippen LogP contribution is 2.22. The summed E-state index contributed by atoms with van der Waals surface area (Å²) in [4.78, 5) is 24.2. The van der Waals surface area contributed by atoms with Gasteiger partial charge in [-0.1, -0.05) is 30.3 Å². The van der Waals surface area contributed by atoms with Gasteiger partial charge in [0.05, 0.1) is 18.6 Å². The minimum Gasteiger partial charge on any atom is -0.482 e. The first kappa shape index (κ1) is 19.5. The van der Waals surface area contributed by atoms with Crippen LogP contribution in [0.3, 0.4) is 0 Å². The van der Waals surface area contributed by atoms with E-state index in [4.69, 9.17) is 4.74 Å². The quantitative estimate of drug-likeness (QED) is 0.334. The van der Waals surface area contributed by atoms with Crippen molar-refractivity contribution < 1.29 is 19.1 Å². The van der Waals surface area contributed by atoms with Crippen molar-refractivity contribution in [1.82, 2.24) is 5.43 Å². The second-order valence-corrected chi connectivity index (χ2v) is 6.66. The highest BCUT2D eigenvalue weighted by Gasteiger charge is 2.13. The minimum atomic E-state index is -0.457. The van der Waals surface area contributed by atoms with Crippen molar-refractivity contribution in [2.24, 2.45) is 5.10 Å². The number of rotatable bonds is 8. The van der Waals surface area contributed by atoms with Gasteiger partial charge in [-0.2, -0.15) is 5.10 Å². The van der Waals surface area contributed by atoms with Crippen molar-refractivity contribution in [2.75, 3.05) is 13.7 Å². The lowest BCUT2D eigenvalue weighted by atomic mass is 10.2. The predicted molar refractivity (Wildman–Crippen MR) is 101 cm³/mol. The molecular weight excluding hydrogens is 352 g/mol. The molecule has 0 aliphatic rings. The van der Waals surface area contributed by atoms with E-state index in [2.05, 4.69) is 15.3 Å². The molecule has 6 nitrogen and oxygen atoms in total. The van der Waals surface area contributed by atoms with Gasteiger partial charge in [0.2, 0.25) is 0 Å². The number of esters is 1. The van der Waals surface area contributed by atoms with E-state index in [1.807, 2.05) is 43.3 Å². The minimum absolute atomic E-state index is 0.165. The van der Waals surface area contributed by atoms with Crippen molar-refractivity contribution in [3.63, 3.8) is 0 Å². The van der Waals surface area contributed by atoms with E-state index in [1.54, 1.807) is 18.2 Å². The van der Waals surface area contributed by atoms with Gasteiger partial charge in [0, 0.05) is 4.90 Å². The Hall–Kier alpha value is -2.80. The maximum absolute atomic E-state index is 12.1. The molecule has 1 atom stereocenters. The van der Waals surface area contributed by atoms with Crippen LogP contribution >= 0.6 is 11.8 Å². The lowest BCUT2D eigenvalue weighted by Gasteiger charge is -2.09. The number of carbonyl (C=O) groups excluding carboxylic acids is 2. The molecule has 0 spiro atoms. The van der Waals surface area contributed by atoms with Crippen molar-refractivity contribution in [2.45, 2.75) is 17.1 Å². The smallest absolute Gasteiger partial charge is 0.343 e. The molecule has 0 aliphatic heterocycles. The van der Waals surface area contributed by atoms with Crippen LogP contribution in [-0.4, -0.2) is 37.1 Å².